The number of ether oxygens (including phenoxy) is 2. The van der Waals surface area contributed by atoms with Crippen molar-refractivity contribution in [2.45, 2.75) is 13.8 Å². The van der Waals surface area contributed by atoms with Crippen molar-refractivity contribution in [2.24, 2.45) is 7.05 Å². The fourth-order valence-electron chi connectivity index (χ4n) is 2.47. The summed E-state index contributed by atoms with van der Waals surface area (Å²) in [5, 5.41) is 4.26. The lowest BCUT2D eigenvalue weighted by Crippen LogP contribution is -2.15. The van der Waals surface area contributed by atoms with Gasteiger partial charge in [0.25, 0.3) is 0 Å². The van der Waals surface area contributed by atoms with Gasteiger partial charge in [-0.25, -0.2) is 0 Å². The highest BCUT2D eigenvalue weighted by atomic mass is 16.6. The molecule has 5 heteroatoms. The van der Waals surface area contributed by atoms with E-state index in [1.807, 2.05) is 30.8 Å². The molecule has 2 aromatic rings. The Hall–Kier alpha value is -2.17. The number of aromatic nitrogens is 2. The van der Waals surface area contributed by atoms with Crippen molar-refractivity contribution in [1.82, 2.24) is 9.78 Å². The predicted octanol–water partition coefficient (Wildman–Crippen LogP) is 2.06. The van der Waals surface area contributed by atoms with E-state index >= 15 is 0 Å². The minimum absolute atomic E-state index is 0.562. The molecule has 2 heterocycles. The number of nitrogens with zero attached hydrogens (tertiary/aromatic N) is 2. The van der Waals surface area contributed by atoms with Gasteiger partial charge in [-0.15, -0.1) is 0 Å². The molecule has 0 aliphatic carbocycles. The maximum Gasteiger partial charge on any atom is 0.162 e. The second-order valence-corrected chi connectivity index (χ2v) is 4.79. The molecule has 1 aliphatic heterocycles. The van der Waals surface area contributed by atoms with Crippen molar-refractivity contribution in [1.29, 1.82) is 0 Å². The van der Waals surface area contributed by atoms with E-state index in [4.69, 9.17) is 15.2 Å². The normalized spacial score (nSPS) is 13.6. The fraction of sp³-hybridized carbons (Fsp3) is 0.357. The number of anilines is 1. The molecular weight excluding hydrogens is 242 g/mol. The fourth-order valence-corrected chi connectivity index (χ4v) is 2.47. The third kappa shape index (κ3) is 1.82. The summed E-state index contributed by atoms with van der Waals surface area (Å²) in [5.41, 5.74) is 10.1. The minimum atomic E-state index is 0.562. The molecule has 100 valence electrons. The van der Waals surface area contributed by atoms with E-state index in [1.54, 1.807) is 0 Å². The van der Waals surface area contributed by atoms with Gasteiger partial charge in [-0.2, -0.15) is 5.10 Å². The number of nitrogen functional groups attached to an aromatic ring is 1. The van der Waals surface area contributed by atoms with Crippen molar-refractivity contribution in [3.8, 4) is 22.8 Å². The molecule has 0 atom stereocenters. The van der Waals surface area contributed by atoms with Gasteiger partial charge >= 0.3 is 0 Å². The zero-order chi connectivity index (χ0) is 13.6. The average molecular weight is 259 g/mol. The Balaban J connectivity index is 2.20. The molecular formula is C14H17N3O2. The SMILES string of the molecule is Cc1cc2c(cc1-c1c(C)c(N)nn1C)OCCO2. The Morgan fingerprint density at radius 2 is 1.79 bits per heavy atom. The summed E-state index contributed by atoms with van der Waals surface area (Å²) in [6.07, 6.45) is 0. The third-order valence-corrected chi connectivity index (χ3v) is 3.47. The standard InChI is InChI=1S/C14H17N3O2/c1-8-6-11-12(19-5-4-18-11)7-10(8)13-9(2)14(15)16-17(13)3/h6-7H,4-5H2,1-3H3,(H2,15,16). The molecule has 1 aromatic carbocycles. The summed E-state index contributed by atoms with van der Waals surface area (Å²) in [4.78, 5) is 0. The summed E-state index contributed by atoms with van der Waals surface area (Å²) >= 11 is 0. The van der Waals surface area contributed by atoms with Crippen LogP contribution in [0.3, 0.4) is 0 Å². The average Bonchev–Trinajstić information content (AvgIpc) is 2.63. The monoisotopic (exact) mass is 259 g/mol. The predicted molar refractivity (Wildman–Crippen MR) is 73.5 cm³/mol. The van der Waals surface area contributed by atoms with Gasteiger partial charge in [0, 0.05) is 18.2 Å². The number of benzene rings is 1. The maximum absolute atomic E-state index is 5.88. The lowest BCUT2D eigenvalue weighted by Gasteiger charge is -2.20. The van der Waals surface area contributed by atoms with Crippen LogP contribution in [0.25, 0.3) is 11.3 Å². The first-order valence-corrected chi connectivity index (χ1v) is 6.27. The highest BCUT2D eigenvalue weighted by Gasteiger charge is 2.19. The Morgan fingerprint density at radius 1 is 1.16 bits per heavy atom. The zero-order valence-corrected chi connectivity index (χ0v) is 11.4. The molecule has 19 heavy (non-hydrogen) atoms. The molecule has 0 bridgehead atoms. The van der Waals surface area contributed by atoms with Gasteiger partial charge in [0.05, 0.1) is 5.69 Å². The number of aryl methyl sites for hydroxylation is 2. The minimum Gasteiger partial charge on any atom is -0.486 e. The van der Waals surface area contributed by atoms with E-state index in [9.17, 15) is 0 Å². The van der Waals surface area contributed by atoms with Crippen LogP contribution in [-0.4, -0.2) is 23.0 Å². The van der Waals surface area contributed by atoms with Gasteiger partial charge < -0.3 is 15.2 Å². The molecule has 3 rings (SSSR count). The maximum atomic E-state index is 5.88. The first-order chi connectivity index (χ1) is 9.08. The zero-order valence-electron chi connectivity index (χ0n) is 11.4. The van der Waals surface area contributed by atoms with E-state index < -0.39 is 0 Å². The Labute approximate surface area is 111 Å². The summed E-state index contributed by atoms with van der Waals surface area (Å²) in [5.74, 6) is 2.15. The van der Waals surface area contributed by atoms with Crippen LogP contribution in [0.4, 0.5) is 5.82 Å². The second kappa shape index (κ2) is 4.19. The lowest BCUT2D eigenvalue weighted by molar-refractivity contribution is 0.171. The highest BCUT2D eigenvalue weighted by Crippen LogP contribution is 2.38. The number of hydrogen-bond donors (Lipinski definition) is 1. The van der Waals surface area contributed by atoms with E-state index in [2.05, 4.69) is 12.0 Å². The summed E-state index contributed by atoms with van der Waals surface area (Å²) in [7, 11) is 1.90. The van der Waals surface area contributed by atoms with Crippen LogP contribution >= 0.6 is 0 Å². The molecule has 0 spiro atoms. The van der Waals surface area contributed by atoms with Crippen LogP contribution in [0.15, 0.2) is 12.1 Å². The highest BCUT2D eigenvalue weighted by molar-refractivity contribution is 5.74. The smallest absolute Gasteiger partial charge is 0.162 e. The Bertz CT molecular complexity index is 647. The van der Waals surface area contributed by atoms with E-state index in [0.717, 1.165) is 33.9 Å². The van der Waals surface area contributed by atoms with Crippen LogP contribution in [-0.2, 0) is 7.05 Å². The number of rotatable bonds is 1. The molecule has 0 saturated carbocycles. The number of hydrogen-bond acceptors (Lipinski definition) is 4. The van der Waals surface area contributed by atoms with E-state index in [-0.39, 0.29) is 0 Å². The van der Waals surface area contributed by atoms with E-state index in [0.29, 0.717) is 19.0 Å². The van der Waals surface area contributed by atoms with Gasteiger partial charge in [0.1, 0.15) is 19.0 Å². The molecule has 0 unspecified atom stereocenters. The molecule has 1 aliphatic rings. The lowest BCUT2D eigenvalue weighted by atomic mass is 10.0. The molecule has 5 nitrogen and oxygen atoms in total. The molecule has 2 N–H and O–H groups in total. The molecule has 0 fully saturated rings. The van der Waals surface area contributed by atoms with Crippen LogP contribution in [0.2, 0.25) is 0 Å². The molecule has 0 radical (unpaired) electrons. The Morgan fingerprint density at radius 3 is 2.37 bits per heavy atom. The quantitative estimate of drug-likeness (QED) is 0.851. The molecule has 0 amide bonds. The first kappa shape index (κ1) is 11.9. The molecule has 1 aromatic heterocycles. The van der Waals surface area contributed by atoms with Crippen LogP contribution in [0.1, 0.15) is 11.1 Å². The van der Waals surface area contributed by atoms with Gasteiger partial charge in [-0.1, -0.05) is 0 Å². The van der Waals surface area contributed by atoms with Crippen molar-refractivity contribution < 1.29 is 9.47 Å². The van der Waals surface area contributed by atoms with E-state index in [1.165, 1.54) is 0 Å². The third-order valence-electron chi connectivity index (χ3n) is 3.47. The van der Waals surface area contributed by atoms with Crippen LogP contribution in [0.5, 0.6) is 11.5 Å². The summed E-state index contributed by atoms with van der Waals surface area (Å²) in [6.45, 7) is 5.22. The van der Waals surface area contributed by atoms with Crippen molar-refractivity contribution in [2.75, 3.05) is 18.9 Å². The second-order valence-electron chi connectivity index (χ2n) is 4.79. The van der Waals surface area contributed by atoms with Gasteiger partial charge in [-0.05, 0) is 31.5 Å². The van der Waals surface area contributed by atoms with Crippen molar-refractivity contribution in [3.05, 3.63) is 23.3 Å². The van der Waals surface area contributed by atoms with Crippen molar-refractivity contribution >= 4 is 5.82 Å². The van der Waals surface area contributed by atoms with Crippen LogP contribution < -0.4 is 15.2 Å². The topological polar surface area (TPSA) is 62.3 Å². The summed E-state index contributed by atoms with van der Waals surface area (Å²) in [6, 6.07) is 4.01. The summed E-state index contributed by atoms with van der Waals surface area (Å²) < 4.78 is 13.0. The largest absolute Gasteiger partial charge is 0.486 e. The molecule has 0 saturated heterocycles. The van der Waals surface area contributed by atoms with Gasteiger partial charge in [0.15, 0.2) is 11.5 Å². The Kier molecular flexibility index (Phi) is 2.62. The van der Waals surface area contributed by atoms with Crippen LogP contribution in [0, 0.1) is 13.8 Å². The van der Waals surface area contributed by atoms with Gasteiger partial charge in [-0.3, -0.25) is 4.68 Å². The number of fused-ring (bicyclic) bond motifs is 1. The number of nitrogens with two attached hydrogens (primary N) is 1. The first-order valence-electron chi connectivity index (χ1n) is 6.27. The van der Waals surface area contributed by atoms with Gasteiger partial charge in [0.2, 0.25) is 0 Å². The van der Waals surface area contributed by atoms with Crippen molar-refractivity contribution in [3.63, 3.8) is 0 Å².